The number of halogens is 2. The van der Waals surface area contributed by atoms with Gasteiger partial charge >= 0.3 is 0 Å². The van der Waals surface area contributed by atoms with E-state index in [1.807, 2.05) is 0 Å². The van der Waals surface area contributed by atoms with Crippen LogP contribution in [0.25, 0.3) is 6.08 Å². The van der Waals surface area contributed by atoms with Crippen LogP contribution in [-0.2, 0) is 4.79 Å². The fraction of sp³-hybridized carbons (Fsp3) is 0. The third kappa shape index (κ3) is 1.92. The Morgan fingerprint density at radius 1 is 1.42 bits per heavy atom. The van der Waals surface area contributed by atoms with E-state index in [0.29, 0.717) is 11.8 Å². The summed E-state index contributed by atoms with van der Waals surface area (Å²) in [6.45, 7) is 0. The molecule has 0 radical (unpaired) electrons. The van der Waals surface area contributed by atoms with Gasteiger partial charge in [0.25, 0.3) is 0 Å². The second-order valence-electron chi connectivity index (χ2n) is 2.14. The summed E-state index contributed by atoms with van der Waals surface area (Å²) >= 11 is 5.50. The molecule has 0 aromatic heterocycles. The highest BCUT2D eigenvalue weighted by Crippen LogP contribution is 2.18. The first-order valence-electron chi connectivity index (χ1n) is 3.31. The van der Waals surface area contributed by atoms with E-state index in [-0.39, 0.29) is 5.02 Å². The van der Waals surface area contributed by atoms with Crippen LogP contribution in [0.1, 0.15) is 5.56 Å². The smallest absolute Gasteiger partial charge is 0.148 e. The molecule has 1 aromatic rings. The lowest BCUT2D eigenvalue weighted by molar-refractivity contribution is -0.104. The maximum atomic E-state index is 13.0. The normalized spacial score (nSPS) is 10.5. The van der Waals surface area contributed by atoms with Gasteiger partial charge in [-0.05, 0) is 18.2 Å². The zero-order valence-corrected chi connectivity index (χ0v) is 6.88. The van der Waals surface area contributed by atoms with E-state index in [0.717, 1.165) is 0 Å². The molecule has 0 saturated heterocycles. The van der Waals surface area contributed by atoms with Crippen molar-refractivity contribution >= 4 is 24.0 Å². The largest absolute Gasteiger partial charge is 0.299 e. The zero-order valence-electron chi connectivity index (χ0n) is 6.13. The first-order chi connectivity index (χ1) is 5.75. The average molecular weight is 185 g/mol. The molecule has 0 spiro atoms. The molecule has 62 valence electrons. The Hall–Kier alpha value is -1.15. The Bertz CT molecular complexity index is 320. The minimum absolute atomic E-state index is 0.0584. The van der Waals surface area contributed by atoms with Gasteiger partial charge in [0.1, 0.15) is 12.1 Å². The van der Waals surface area contributed by atoms with Gasteiger partial charge in [0.15, 0.2) is 0 Å². The summed E-state index contributed by atoms with van der Waals surface area (Å²) in [5.41, 5.74) is 0.314. The van der Waals surface area contributed by atoms with E-state index in [1.165, 1.54) is 18.2 Å². The molecule has 0 aliphatic rings. The molecular weight excluding hydrogens is 179 g/mol. The van der Waals surface area contributed by atoms with Crippen molar-refractivity contribution < 1.29 is 9.18 Å². The molecule has 0 heterocycles. The molecular formula is C9H6ClFO. The van der Waals surface area contributed by atoms with Crippen LogP contribution in [0.5, 0.6) is 0 Å². The number of carbonyl (C=O) groups excluding carboxylic acids is 1. The van der Waals surface area contributed by atoms with Gasteiger partial charge in [0.2, 0.25) is 0 Å². The maximum absolute atomic E-state index is 13.0. The Morgan fingerprint density at radius 2 is 2.17 bits per heavy atom. The van der Waals surface area contributed by atoms with Crippen LogP contribution in [0.3, 0.4) is 0 Å². The highest BCUT2D eigenvalue weighted by atomic mass is 35.5. The third-order valence-electron chi connectivity index (χ3n) is 1.34. The van der Waals surface area contributed by atoms with E-state index in [9.17, 15) is 9.18 Å². The minimum atomic E-state index is -0.503. The Balaban J connectivity index is 3.07. The number of rotatable bonds is 2. The van der Waals surface area contributed by atoms with Gasteiger partial charge in [0, 0.05) is 5.56 Å². The molecule has 0 fully saturated rings. The number of aldehydes is 1. The summed E-state index contributed by atoms with van der Waals surface area (Å²) in [6.07, 6.45) is 3.17. The van der Waals surface area contributed by atoms with Crippen LogP contribution in [0.2, 0.25) is 5.02 Å². The van der Waals surface area contributed by atoms with Crippen LogP contribution in [0.15, 0.2) is 24.3 Å². The summed E-state index contributed by atoms with van der Waals surface area (Å²) in [5.74, 6) is -0.503. The first kappa shape index (κ1) is 8.94. The van der Waals surface area contributed by atoms with Crippen molar-refractivity contribution in [1.29, 1.82) is 0 Å². The van der Waals surface area contributed by atoms with Crippen molar-refractivity contribution in [2.75, 3.05) is 0 Å². The molecule has 1 rings (SSSR count). The van der Waals surface area contributed by atoms with Crippen LogP contribution in [0, 0.1) is 5.82 Å². The Morgan fingerprint density at radius 3 is 2.83 bits per heavy atom. The van der Waals surface area contributed by atoms with Gasteiger partial charge in [-0.15, -0.1) is 0 Å². The summed E-state index contributed by atoms with van der Waals surface area (Å²) in [6, 6.07) is 4.62. The second-order valence-corrected chi connectivity index (χ2v) is 2.55. The van der Waals surface area contributed by atoms with Crippen molar-refractivity contribution in [3.63, 3.8) is 0 Å². The van der Waals surface area contributed by atoms with Gasteiger partial charge < -0.3 is 0 Å². The number of hydrogen-bond donors (Lipinski definition) is 0. The predicted octanol–water partition coefficient (Wildman–Crippen LogP) is 2.69. The molecule has 1 aromatic carbocycles. The number of benzene rings is 1. The van der Waals surface area contributed by atoms with E-state index in [1.54, 1.807) is 12.1 Å². The van der Waals surface area contributed by atoms with Crippen molar-refractivity contribution in [3.05, 3.63) is 40.7 Å². The van der Waals surface area contributed by atoms with Crippen molar-refractivity contribution in [2.24, 2.45) is 0 Å². The van der Waals surface area contributed by atoms with E-state index in [2.05, 4.69) is 0 Å². The zero-order chi connectivity index (χ0) is 8.97. The fourth-order valence-electron chi connectivity index (χ4n) is 0.792. The van der Waals surface area contributed by atoms with E-state index in [4.69, 9.17) is 11.6 Å². The summed E-state index contributed by atoms with van der Waals surface area (Å²) in [5, 5.41) is 0.0584. The molecule has 0 N–H and O–H groups in total. The van der Waals surface area contributed by atoms with Gasteiger partial charge in [-0.2, -0.15) is 0 Å². The van der Waals surface area contributed by atoms with E-state index >= 15 is 0 Å². The van der Waals surface area contributed by atoms with Crippen molar-refractivity contribution in [2.45, 2.75) is 0 Å². The summed E-state index contributed by atoms with van der Waals surface area (Å²) < 4.78 is 13.0. The molecule has 0 aliphatic heterocycles. The molecule has 0 amide bonds. The molecule has 1 nitrogen and oxygen atoms in total. The molecule has 12 heavy (non-hydrogen) atoms. The lowest BCUT2D eigenvalue weighted by Crippen LogP contribution is -1.82. The Kier molecular flexibility index (Phi) is 3.00. The number of carbonyl (C=O) groups is 1. The molecule has 3 heteroatoms. The third-order valence-corrected chi connectivity index (χ3v) is 1.63. The quantitative estimate of drug-likeness (QED) is 0.510. The first-order valence-corrected chi connectivity index (χ1v) is 3.69. The van der Waals surface area contributed by atoms with Crippen LogP contribution in [0.4, 0.5) is 4.39 Å². The van der Waals surface area contributed by atoms with Crippen LogP contribution >= 0.6 is 11.6 Å². The molecule has 0 bridgehead atoms. The summed E-state index contributed by atoms with van der Waals surface area (Å²) in [7, 11) is 0. The molecule has 0 unspecified atom stereocenters. The van der Waals surface area contributed by atoms with Crippen LogP contribution < -0.4 is 0 Å². The monoisotopic (exact) mass is 184 g/mol. The fourth-order valence-corrected chi connectivity index (χ4v) is 0.974. The average Bonchev–Trinajstić information content (AvgIpc) is 2.08. The minimum Gasteiger partial charge on any atom is -0.299 e. The Labute approximate surface area is 74.5 Å². The SMILES string of the molecule is O=C/C=C/c1cccc(Cl)c1F. The van der Waals surface area contributed by atoms with Gasteiger partial charge in [-0.3, -0.25) is 4.79 Å². The number of hydrogen-bond acceptors (Lipinski definition) is 1. The lowest BCUT2D eigenvalue weighted by Gasteiger charge is -1.96. The predicted molar refractivity (Wildman–Crippen MR) is 46.5 cm³/mol. The van der Waals surface area contributed by atoms with Crippen molar-refractivity contribution in [3.8, 4) is 0 Å². The van der Waals surface area contributed by atoms with Gasteiger partial charge in [-0.1, -0.05) is 23.7 Å². The summed E-state index contributed by atoms with van der Waals surface area (Å²) in [4.78, 5) is 9.93. The standard InChI is InChI=1S/C9H6ClFO/c10-8-5-1-3-7(9(8)11)4-2-6-12/h1-6H/b4-2+. The van der Waals surface area contributed by atoms with Crippen molar-refractivity contribution in [1.82, 2.24) is 0 Å². The second kappa shape index (κ2) is 4.02. The molecule has 0 saturated carbocycles. The topological polar surface area (TPSA) is 17.1 Å². The van der Waals surface area contributed by atoms with E-state index < -0.39 is 5.82 Å². The highest BCUT2D eigenvalue weighted by Gasteiger charge is 2.01. The van der Waals surface area contributed by atoms with Gasteiger partial charge in [-0.25, -0.2) is 4.39 Å². The maximum Gasteiger partial charge on any atom is 0.148 e. The highest BCUT2D eigenvalue weighted by molar-refractivity contribution is 6.30. The number of allylic oxidation sites excluding steroid dienone is 1. The lowest BCUT2D eigenvalue weighted by atomic mass is 10.2. The molecule has 0 atom stereocenters. The molecule has 0 aliphatic carbocycles. The van der Waals surface area contributed by atoms with Crippen LogP contribution in [-0.4, -0.2) is 6.29 Å². The van der Waals surface area contributed by atoms with Gasteiger partial charge in [0.05, 0.1) is 5.02 Å².